The van der Waals surface area contributed by atoms with E-state index >= 15 is 0 Å². The van der Waals surface area contributed by atoms with Gasteiger partial charge < -0.3 is 14.8 Å². The summed E-state index contributed by atoms with van der Waals surface area (Å²) in [6, 6.07) is 8.38. The fourth-order valence-electron chi connectivity index (χ4n) is 1.65. The van der Waals surface area contributed by atoms with Gasteiger partial charge in [0, 0.05) is 0 Å². The lowest BCUT2D eigenvalue weighted by Crippen LogP contribution is -2.49. The van der Waals surface area contributed by atoms with E-state index in [-0.39, 0.29) is 11.8 Å². The van der Waals surface area contributed by atoms with Crippen LogP contribution in [0.5, 0.6) is 5.75 Å². The highest BCUT2D eigenvalue weighted by atomic mass is 16.5. The van der Waals surface area contributed by atoms with Crippen molar-refractivity contribution >= 4 is 11.9 Å². The smallest absolute Gasteiger partial charge is 0.328 e. The summed E-state index contributed by atoms with van der Waals surface area (Å²) >= 11 is 0. The first kappa shape index (κ1) is 16.0. The van der Waals surface area contributed by atoms with Gasteiger partial charge in [0.2, 0.25) is 0 Å². The van der Waals surface area contributed by atoms with Crippen LogP contribution in [0.2, 0.25) is 0 Å². The Labute approximate surface area is 119 Å². The van der Waals surface area contributed by atoms with Crippen molar-refractivity contribution in [2.24, 2.45) is 5.92 Å². The van der Waals surface area contributed by atoms with Gasteiger partial charge >= 0.3 is 5.97 Å². The Morgan fingerprint density at radius 2 is 1.70 bits per heavy atom. The Morgan fingerprint density at radius 1 is 1.10 bits per heavy atom. The number of para-hydroxylation sites is 1. The highest BCUT2D eigenvalue weighted by Crippen LogP contribution is 2.11. The van der Waals surface area contributed by atoms with Gasteiger partial charge in [0.25, 0.3) is 5.91 Å². The number of amides is 1. The average molecular weight is 279 g/mol. The molecule has 0 aliphatic heterocycles. The van der Waals surface area contributed by atoms with Crippen LogP contribution >= 0.6 is 0 Å². The molecule has 0 heterocycles. The Bertz CT molecular complexity index is 444. The van der Waals surface area contributed by atoms with Gasteiger partial charge in [0.05, 0.1) is 7.11 Å². The van der Waals surface area contributed by atoms with Crippen LogP contribution < -0.4 is 10.1 Å². The molecule has 0 aromatic heterocycles. The molecule has 1 aromatic carbocycles. The Kier molecular flexibility index (Phi) is 6.03. The number of carbonyl (C=O) groups excluding carboxylic acids is 2. The number of methoxy groups -OCH3 is 1. The van der Waals surface area contributed by atoms with Crippen LogP contribution in [0.25, 0.3) is 0 Å². The minimum absolute atomic E-state index is 0.0599. The van der Waals surface area contributed by atoms with Crippen LogP contribution in [-0.4, -0.2) is 31.1 Å². The molecule has 1 N–H and O–H groups in total. The molecule has 20 heavy (non-hydrogen) atoms. The summed E-state index contributed by atoms with van der Waals surface area (Å²) < 4.78 is 10.2. The van der Waals surface area contributed by atoms with E-state index in [4.69, 9.17) is 4.74 Å². The van der Waals surface area contributed by atoms with Gasteiger partial charge in [0.1, 0.15) is 11.8 Å². The number of nitrogens with one attached hydrogen (secondary N) is 1. The van der Waals surface area contributed by atoms with Crippen molar-refractivity contribution < 1.29 is 19.1 Å². The van der Waals surface area contributed by atoms with Crippen molar-refractivity contribution in [1.29, 1.82) is 0 Å². The fraction of sp³-hybridized carbons (Fsp3) is 0.467. The van der Waals surface area contributed by atoms with Crippen molar-refractivity contribution in [2.45, 2.75) is 32.9 Å². The van der Waals surface area contributed by atoms with Gasteiger partial charge in [-0.2, -0.15) is 0 Å². The van der Waals surface area contributed by atoms with Crippen LogP contribution in [0.3, 0.4) is 0 Å². The van der Waals surface area contributed by atoms with Gasteiger partial charge in [0.15, 0.2) is 6.10 Å². The molecule has 1 rings (SSSR count). The van der Waals surface area contributed by atoms with Gasteiger partial charge in [-0.25, -0.2) is 4.79 Å². The molecule has 0 fully saturated rings. The van der Waals surface area contributed by atoms with E-state index in [2.05, 4.69) is 10.1 Å². The number of hydrogen-bond acceptors (Lipinski definition) is 4. The summed E-state index contributed by atoms with van der Waals surface area (Å²) in [4.78, 5) is 23.6. The number of benzene rings is 1. The monoisotopic (exact) mass is 279 g/mol. The number of carbonyl (C=O) groups is 2. The number of ether oxygens (including phenoxy) is 2. The number of rotatable bonds is 6. The van der Waals surface area contributed by atoms with E-state index in [1.54, 1.807) is 19.1 Å². The molecule has 0 aliphatic rings. The molecule has 0 unspecified atom stereocenters. The fourth-order valence-corrected chi connectivity index (χ4v) is 1.65. The molecule has 0 spiro atoms. The van der Waals surface area contributed by atoms with Crippen molar-refractivity contribution in [3.8, 4) is 5.75 Å². The summed E-state index contributed by atoms with van der Waals surface area (Å²) in [6.07, 6.45) is -0.691. The highest BCUT2D eigenvalue weighted by Gasteiger charge is 2.27. The molecule has 0 aliphatic carbocycles. The normalized spacial score (nSPS) is 13.4. The van der Waals surface area contributed by atoms with E-state index < -0.39 is 18.1 Å². The van der Waals surface area contributed by atoms with Crippen LogP contribution in [0.1, 0.15) is 20.8 Å². The van der Waals surface area contributed by atoms with E-state index in [1.165, 1.54) is 7.11 Å². The third-order valence-corrected chi connectivity index (χ3v) is 2.84. The predicted octanol–water partition coefficient (Wildman–Crippen LogP) is 1.77. The lowest BCUT2D eigenvalue weighted by Gasteiger charge is -2.22. The van der Waals surface area contributed by atoms with Crippen molar-refractivity contribution in [1.82, 2.24) is 5.32 Å². The summed E-state index contributed by atoms with van der Waals surface area (Å²) in [7, 11) is 1.30. The quantitative estimate of drug-likeness (QED) is 0.806. The van der Waals surface area contributed by atoms with Crippen molar-refractivity contribution in [3.05, 3.63) is 30.3 Å². The Morgan fingerprint density at radius 3 is 2.20 bits per heavy atom. The second kappa shape index (κ2) is 7.53. The topological polar surface area (TPSA) is 64.6 Å². The molecule has 5 nitrogen and oxygen atoms in total. The Balaban J connectivity index is 2.62. The summed E-state index contributed by atoms with van der Waals surface area (Å²) in [6.45, 7) is 5.31. The molecular weight excluding hydrogens is 258 g/mol. The maximum atomic E-state index is 12.0. The highest BCUT2D eigenvalue weighted by molar-refractivity contribution is 5.87. The molecule has 0 saturated carbocycles. The second-order valence-electron chi connectivity index (χ2n) is 4.83. The molecule has 110 valence electrons. The van der Waals surface area contributed by atoms with Crippen LogP contribution in [0.4, 0.5) is 0 Å². The summed E-state index contributed by atoms with van der Waals surface area (Å²) in [5.41, 5.74) is 0. The molecule has 0 radical (unpaired) electrons. The molecule has 0 bridgehead atoms. The predicted molar refractivity (Wildman–Crippen MR) is 75.3 cm³/mol. The van der Waals surface area contributed by atoms with Crippen LogP contribution in [0, 0.1) is 5.92 Å². The van der Waals surface area contributed by atoms with Crippen LogP contribution in [-0.2, 0) is 14.3 Å². The van der Waals surface area contributed by atoms with Gasteiger partial charge in [-0.15, -0.1) is 0 Å². The minimum Gasteiger partial charge on any atom is -0.481 e. The van der Waals surface area contributed by atoms with Crippen LogP contribution in [0.15, 0.2) is 30.3 Å². The van der Waals surface area contributed by atoms with Gasteiger partial charge in [-0.05, 0) is 25.0 Å². The maximum absolute atomic E-state index is 12.0. The zero-order chi connectivity index (χ0) is 15.1. The molecule has 5 heteroatoms. The minimum atomic E-state index is -0.691. The van der Waals surface area contributed by atoms with Crippen molar-refractivity contribution in [3.63, 3.8) is 0 Å². The van der Waals surface area contributed by atoms with Gasteiger partial charge in [-0.1, -0.05) is 32.0 Å². The first-order valence-electron chi connectivity index (χ1n) is 6.55. The second-order valence-corrected chi connectivity index (χ2v) is 4.83. The molecule has 1 aromatic rings. The molecule has 1 amide bonds. The maximum Gasteiger partial charge on any atom is 0.328 e. The van der Waals surface area contributed by atoms with E-state index in [9.17, 15) is 9.59 Å². The Hall–Kier alpha value is -2.04. The van der Waals surface area contributed by atoms with E-state index in [0.29, 0.717) is 5.75 Å². The number of esters is 1. The average Bonchev–Trinajstić information content (AvgIpc) is 2.44. The van der Waals surface area contributed by atoms with Crippen molar-refractivity contribution in [2.75, 3.05) is 7.11 Å². The largest absolute Gasteiger partial charge is 0.481 e. The molecular formula is C15H21NO4. The summed E-state index contributed by atoms with van der Waals surface area (Å²) in [5, 5.41) is 2.65. The molecule has 0 saturated heterocycles. The lowest BCUT2D eigenvalue weighted by molar-refractivity contribution is -0.147. The SMILES string of the molecule is COC(=O)[C@H](NC(=O)[C@@H](C)Oc1ccccc1)C(C)C. The summed E-state index contributed by atoms with van der Waals surface area (Å²) in [5.74, 6) is -0.261. The zero-order valence-electron chi connectivity index (χ0n) is 12.3. The third-order valence-electron chi connectivity index (χ3n) is 2.84. The lowest BCUT2D eigenvalue weighted by atomic mass is 10.0. The first-order chi connectivity index (χ1) is 9.45. The zero-order valence-corrected chi connectivity index (χ0v) is 12.3. The first-order valence-corrected chi connectivity index (χ1v) is 6.55. The molecule has 2 atom stereocenters. The van der Waals surface area contributed by atoms with Gasteiger partial charge in [-0.3, -0.25) is 4.79 Å². The van der Waals surface area contributed by atoms with E-state index in [1.807, 2.05) is 32.0 Å². The van der Waals surface area contributed by atoms with E-state index in [0.717, 1.165) is 0 Å². The third kappa shape index (κ3) is 4.57. The standard InChI is InChI=1S/C15H21NO4/c1-10(2)13(15(18)19-4)16-14(17)11(3)20-12-8-6-5-7-9-12/h5-11,13H,1-4H3,(H,16,17)/t11-,13-/m1/s1. The number of hydrogen-bond donors (Lipinski definition) is 1.